The Bertz CT molecular complexity index is 981. The molecule has 3 aliphatic rings. The summed E-state index contributed by atoms with van der Waals surface area (Å²) in [6, 6.07) is 5.66. The molecule has 0 radical (unpaired) electrons. The third kappa shape index (κ3) is 4.05. The molecule has 2 heterocycles. The fourth-order valence-electron chi connectivity index (χ4n) is 5.17. The maximum atomic E-state index is 13.1. The van der Waals surface area contributed by atoms with E-state index in [1.165, 1.54) is 56.1 Å². The van der Waals surface area contributed by atoms with Crippen molar-refractivity contribution in [2.45, 2.75) is 44.9 Å². The first-order valence-corrected chi connectivity index (χ1v) is 11.2. The number of hydrogen-bond donors (Lipinski definition) is 1. The Morgan fingerprint density at radius 3 is 2.55 bits per heavy atom. The first-order valence-electron chi connectivity index (χ1n) is 11.2. The molecule has 0 unspecified atom stereocenters. The van der Waals surface area contributed by atoms with Crippen molar-refractivity contribution in [3.05, 3.63) is 53.9 Å². The second-order valence-corrected chi connectivity index (χ2v) is 9.29. The molecule has 1 atom stereocenters. The summed E-state index contributed by atoms with van der Waals surface area (Å²) >= 11 is 0. The average molecular weight is 423 g/mol. The lowest BCUT2D eigenvalue weighted by Gasteiger charge is -2.34. The van der Waals surface area contributed by atoms with E-state index < -0.39 is 0 Å². The topological polar surface area (TPSA) is 75.2 Å². The molecule has 1 saturated heterocycles. The van der Waals surface area contributed by atoms with Gasteiger partial charge in [-0.05, 0) is 74.1 Å². The summed E-state index contributed by atoms with van der Waals surface area (Å²) in [6.45, 7) is 1.58. The van der Waals surface area contributed by atoms with Crippen LogP contribution in [0.2, 0.25) is 0 Å². The number of carbonyl (C=O) groups is 2. The monoisotopic (exact) mass is 422 g/mol. The molecule has 2 aliphatic carbocycles. The fraction of sp³-hybridized carbons (Fsp3) is 0.500. The van der Waals surface area contributed by atoms with Crippen molar-refractivity contribution in [3.63, 3.8) is 0 Å². The highest BCUT2D eigenvalue weighted by atomic mass is 19.1. The van der Waals surface area contributed by atoms with Crippen LogP contribution in [0, 0.1) is 23.1 Å². The molecule has 162 valence electrons. The van der Waals surface area contributed by atoms with Crippen LogP contribution in [0.25, 0.3) is 0 Å². The number of halogens is 1. The highest BCUT2D eigenvalue weighted by Gasteiger charge is 2.61. The van der Waals surface area contributed by atoms with Crippen LogP contribution in [-0.4, -0.2) is 39.8 Å². The number of nitrogens with zero attached hydrogens (tertiary/aromatic N) is 3. The lowest BCUT2D eigenvalue weighted by atomic mass is 9.79. The van der Waals surface area contributed by atoms with Crippen LogP contribution in [0.3, 0.4) is 0 Å². The van der Waals surface area contributed by atoms with Crippen molar-refractivity contribution < 1.29 is 14.0 Å². The highest BCUT2D eigenvalue weighted by Crippen LogP contribution is 2.66. The third-order valence-electron chi connectivity index (χ3n) is 7.39. The number of likely N-dealkylation sites (tertiary alicyclic amines) is 1. The van der Waals surface area contributed by atoms with Crippen molar-refractivity contribution in [1.29, 1.82) is 0 Å². The molecule has 3 fully saturated rings. The van der Waals surface area contributed by atoms with Crippen LogP contribution < -0.4 is 5.32 Å². The second-order valence-electron chi connectivity index (χ2n) is 9.29. The summed E-state index contributed by atoms with van der Waals surface area (Å²) in [5, 5.41) is 2.78. The van der Waals surface area contributed by atoms with Gasteiger partial charge in [0.2, 0.25) is 5.91 Å². The van der Waals surface area contributed by atoms with Gasteiger partial charge in [0.25, 0.3) is 5.91 Å². The molecule has 1 aromatic heterocycles. The van der Waals surface area contributed by atoms with Crippen molar-refractivity contribution in [3.8, 4) is 0 Å². The number of benzene rings is 1. The Kier molecular flexibility index (Phi) is 5.20. The number of nitrogens with one attached hydrogen (secondary N) is 1. The van der Waals surface area contributed by atoms with E-state index in [1.807, 2.05) is 0 Å². The van der Waals surface area contributed by atoms with Gasteiger partial charge in [-0.2, -0.15) is 0 Å². The van der Waals surface area contributed by atoms with E-state index in [0.717, 1.165) is 38.0 Å². The molecule has 31 heavy (non-hydrogen) atoms. The predicted molar refractivity (Wildman–Crippen MR) is 114 cm³/mol. The van der Waals surface area contributed by atoms with Gasteiger partial charge in [-0.3, -0.25) is 9.59 Å². The van der Waals surface area contributed by atoms with Crippen molar-refractivity contribution in [2.24, 2.45) is 17.3 Å². The highest BCUT2D eigenvalue weighted by molar-refractivity contribution is 6.04. The molecule has 5 rings (SSSR count). The summed E-state index contributed by atoms with van der Waals surface area (Å²) in [6.07, 6.45) is 10.4. The van der Waals surface area contributed by atoms with Crippen LogP contribution in [-0.2, 0) is 11.2 Å². The largest absolute Gasteiger partial charge is 0.342 e. The molecule has 1 N–H and O–H groups in total. The normalized spacial score (nSPS) is 22.1. The van der Waals surface area contributed by atoms with Gasteiger partial charge in [0.15, 0.2) is 0 Å². The van der Waals surface area contributed by atoms with Gasteiger partial charge in [0.05, 0.1) is 11.3 Å². The smallest absolute Gasteiger partial charge is 0.259 e. The van der Waals surface area contributed by atoms with Crippen molar-refractivity contribution in [2.75, 3.05) is 18.4 Å². The number of anilines is 1. The van der Waals surface area contributed by atoms with Gasteiger partial charge < -0.3 is 10.2 Å². The second kappa shape index (κ2) is 8.02. The van der Waals surface area contributed by atoms with E-state index in [-0.39, 0.29) is 17.6 Å². The SMILES string of the molecule is O=C(Nc1ccc(F)cc1)c1cncnc1CC1CCN(C(=O)[C@H]2CC23CCC3)CC1. The van der Waals surface area contributed by atoms with Crippen LogP contribution in [0.1, 0.15) is 54.6 Å². The predicted octanol–water partition coefficient (Wildman–Crippen LogP) is 3.84. The average Bonchev–Trinajstić information content (AvgIpc) is 3.53. The lowest BCUT2D eigenvalue weighted by molar-refractivity contribution is -0.135. The zero-order chi connectivity index (χ0) is 21.4. The molecular weight excluding hydrogens is 395 g/mol. The zero-order valence-corrected chi connectivity index (χ0v) is 17.5. The van der Waals surface area contributed by atoms with Gasteiger partial charge >= 0.3 is 0 Å². The van der Waals surface area contributed by atoms with E-state index in [4.69, 9.17) is 0 Å². The van der Waals surface area contributed by atoms with Gasteiger partial charge in [-0.25, -0.2) is 14.4 Å². The number of hydrogen-bond acceptors (Lipinski definition) is 4. The molecule has 1 aliphatic heterocycles. The molecule has 1 aromatic carbocycles. The quantitative estimate of drug-likeness (QED) is 0.794. The summed E-state index contributed by atoms with van der Waals surface area (Å²) in [5.41, 5.74) is 2.06. The standard InChI is InChI=1S/C24H27FN4O2/c25-17-2-4-18(5-3-17)28-22(30)19-14-26-15-27-21(19)12-16-6-10-29(11-7-16)23(31)20-13-24(20)8-1-9-24/h2-5,14-16,20H,1,6-13H2,(H,28,30)/t20-/m1/s1. The molecule has 2 amide bonds. The lowest BCUT2D eigenvalue weighted by Crippen LogP contribution is -2.41. The summed E-state index contributed by atoms with van der Waals surface area (Å²) in [5.74, 6) is 0.375. The summed E-state index contributed by atoms with van der Waals surface area (Å²) < 4.78 is 13.1. The van der Waals surface area contributed by atoms with Crippen molar-refractivity contribution in [1.82, 2.24) is 14.9 Å². The Hall–Kier alpha value is -2.83. The Morgan fingerprint density at radius 2 is 1.90 bits per heavy atom. The fourth-order valence-corrected chi connectivity index (χ4v) is 5.17. The molecule has 1 spiro atoms. The number of rotatable bonds is 5. The van der Waals surface area contributed by atoms with E-state index in [0.29, 0.717) is 34.9 Å². The van der Waals surface area contributed by atoms with E-state index in [2.05, 4.69) is 20.2 Å². The molecular formula is C24H27FN4O2. The maximum absolute atomic E-state index is 13.1. The Balaban J connectivity index is 1.18. The number of amides is 2. The number of piperidine rings is 1. The van der Waals surface area contributed by atoms with E-state index in [1.54, 1.807) is 0 Å². The van der Waals surface area contributed by atoms with Crippen LogP contribution in [0.4, 0.5) is 10.1 Å². The number of carbonyl (C=O) groups excluding carboxylic acids is 2. The maximum Gasteiger partial charge on any atom is 0.259 e. The number of aromatic nitrogens is 2. The summed E-state index contributed by atoms with van der Waals surface area (Å²) in [4.78, 5) is 36.0. The van der Waals surface area contributed by atoms with Crippen molar-refractivity contribution >= 4 is 17.5 Å². The first kappa shape index (κ1) is 20.1. The Labute approximate surface area is 181 Å². The summed E-state index contributed by atoms with van der Waals surface area (Å²) in [7, 11) is 0. The molecule has 0 bridgehead atoms. The molecule has 6 nitrogen and oxygen atoms in total. The molecule has 7 heteroatoms. The zero-order valence-electron chi connectivity index (χ0n) is 17.5. The van der Waals surface area contributed by atoms with Gasteiger partial charge in [0, 0.05) is 30.9 Å². The van der Waals surface area contributed by atoms with Crippen LogP contribution in [0.5, 0.6) is 0 Å². The van der Waals surface area contributed by atoms with Gasteiger partial charge in [-0.1, -0.05) is 6.42 Å². The Morgan fingerprint density at radius 1 is 1.16 bits per heavy atom. The molecule has 2 aromatic rings. The third-order valence-corrected chi connectivity index (χ3v) is 7.39. The van der Waals surface area contributed by atoms with Gasteiger partial charge in [-0.15, -0.1) is 0 Å². The van der Waals surface area contributed by atoms with Gasteiger partial charge in [0.1, 0.15) is 12.1 Å². The first-order chi connectivity index (χ1) is 15.0. The van der Waals surface area contributed by atoms with E-state index in [9.17, 15) is 14.0 Å². The minimum Gasteiger partial charge on any atom is -0.342 e. The van der Waals surface area contributed by atoms with Crippen LogP contribution >= 0.6 is 0 Å². The molecule has 2 saturated carbocycles. The van der Waals surface area contributed by atoms with Crippen LogP contribution in [0.15, 0.2) is 36.8 Å². The van der Waals surface area contributed by atoms with E-state index >= 15 is 0 Å². The minimum absolute atomic E-state index is 0.279. The minimum atomic E-state index is -0.351.